The second-order valence-corrected chi connectivity index (χ2v) is 3.32. The molecule has 0 N–H and O–H groups in total. The lowest BCUT2D eigenvalue weighted by Crippen LogP contribution is -1.90. The average molecular weight is 223 g/mol. The van der Waals surface area contributed by atoms with Crippen LogP contribution in [0.15, 0.2) is 4.99 Å². The zero-order chi connectivity index (χ0) is 9.14. The van der Waals surface area contributed by atoms with Crippen LogP contribution in [0.2, 0.25) is 10.2 Å². The molecule has 1 rings (SSSR count). The van der Waals surface area contributed by atoms with Gasteiger partial charge in [-0.15, -0.1) is 0 Å². The molecule has 0 aromatic carbocycles. The van der Waals surface area contributed by atoms with E-state index in [1.165, 1.54) is 6.21 Å². The van der Waals surface area contributed by atoms with E-state index in [4.69, 9.17) is 23.2 Å². The molecule has 0 saturated heterocycles. The SMILES string of the molecule is CC=NC(=O)c1snc(Cl)c1Cl. The Bertz CT molecular complexity index is 334. The average Bonchev–Trinajstić information content (AvgIpc) is 2.34. The van der Waals surface area contributed by atoms with Gasteiger partial charge in [-0.25, -0.2) is 4.99 Å². The van der Waals surface area contributed by atoms with E-state index in [0.717, 1.165) is 11.5 Å². The molecule has 0 unspecified atom stereocenters. The number of nitrogens with zero attached hydrogens (tertiary/aromatic N) is 2. The van der Waals surface area contributed by atoms with Crippen LogP contribution in [0, 0.1) is 0 Å². The molecule has 6 heteroatoms. The summed E-state index contributed by atoms with van der Waals surface area (Å²) in [4.78, 5) is 14.9. The fourth-order valence-corrected chi connectivity index (χ4v) is 1.67. The van der Waals surface area contributed by atoms with Crippen LogP contribution >= 0.6 is 34.7 Å². The predicted octanol–water partition coefficient (Wildman–Crippen LogP) is 2.68. The number of aliphatic imine (C=N–C) groups is 1. The summed E-state index contributed by atoms with van der Waals surface area (Å²) in [6.45, 7) is 1.65. The van der Waals surface area contributed by atoms with E-state index >= 15 is 0 Å². The van der Waals surface area contributed by atoms with E-state index in [0.29, 0.717) is 0 Å². The Morgan fingerprint density at radius 2 is 2.33 bits per heavy atom. The number of carbonyl (C=O) groups excluding carboxylic acids is 1. The summed E-state index contributed by atoms with van der Waals surface area (Å²) in [5, 5.41) is 0.327. The highest BCUT2D eigenvalue weighted by molar-refractivity contribution is 7.09. The highest BCUT2D eigenvalue weighted by Gasteiger charge is 2.15. The van der Waals surface area contributed by atoms with Gasteiger partial charge in [-0.1, -0.05) is 23.2 Å². The lowest BCUT2D eigenvalue weighted by Gasteiger charge is -1.87. The highest BCUT2D eigenvalue weighted by atomic mass is 35.5. The monoisotopic (exact) mass is 222 g/mol. The lowest BCUT2D eigenvalue weighted by molar-refractivity contribution is 0.101. The number of hydrogen-bond acceptors (Lipinski definition) is 3. The highest BCUT2D eigenvalue weighted by Crippen LogP contribution is 2.28. The summed E-state index contributed by atoms with van der Waals surface area (Å²) in [5.41, 5.74) is 0. The number of hydrogen-bond donors (Lipinski definition) is 0. The van der Waals surface area contributed by atoms with Gasteiger partial charge in [0.1, 0.15) is 9.90 Å². The molecule has 1 aromatic rings. The summed E-state index contributed by atoms with van der Waals surface area (Å²) in [6, 6.07) is 0. The van der Waals surface area contributed by atoms with Gasteiger partial charge in [0, 0.05) is 6.21 Å². The Morgan fingerprint density at radius 1 is 1.67 bits per heavy atom. The smallest absolute Gasteiger partial charge is 0.266 e. The van der Waals surface area contributed by atoms with Crippen LogP contribution in [-0.4, -0.2) is 16.5 Å². The zero-order valence-electron chi connectivity index (χ0n) is 6.04. The molecule has 0 saturated carbocycles. The van der Waals surface area contributed by atoms with E-state index in [1.807, 2.05) is 0 Å². The summed E-state index contributed by atoms with van der Waals surface area (Å²) < 4.78 is 3.70. The van der Waals surface area contributed by atoms with Gasteiger partial charge in [-0.3, -0.25) is 4.79 Å². The third-order valence-corrected chi connectivity index (χ3v) is 2.82. The van der Waals surface area contributed by atoms with Crippen LogP contribution in [0.3, 0.4) is 0 Å². The first-order chi connectivity index (χ1) is 5.66. The van der Waals surface area contributed by atoms with Crippen LogP contribution in [-0.2, 0) is 0 Å². The first-order valence-corrected chi connectivity index (χ1v) is 4.53. The Labute approximate surface area is 83.2 Å². The Morgan fingerprint density at radius 3 is 2.75 bits per heavy atom. The van der Waals surface area contributed by atoms with E-state index in [-0.39, 0.29) is 15.1 Å². The van der Waals surface area contributed by atoms with Crippen molar-refractivity contribution in [2.75, 3.05) is 0 Å². The van der Waals surface area contributed by atoms with Crippen LogP contribution in [0.1, 0.15) is 16.6 Å². The quantitative estimate of drug-likeness (QED) is 0.687. The first-order valence-electron chi connectivity index (χ1n) is 3.00. The molecule has 0 bridgehead atoms. The normalized spacial score (nSPS) is 10.9. The molecule has 0 aliphatic rings. The van der Waals surface area contributed by atoms with Gasteiger partial charge in [-0.05, 0) is 18.5 Å². The van der Waals surface area contributed by atoms with Gasteiger partial charge in [0.2, 0.25) is 0 Å². The van der Waals surface area contributed by atoms with Crippen molar-refractivity contribution in [2.45, 2.75) is 6.92 Å². The molecule has 0 fully saturated rings. The van der Waals surface area contributed by atoms with E-state index < -0.39 is 5.91 Å². The summed E-state index contributed by atoms with van der Waals surface area (Å²) >= 11 is 12.1. The second-order valence-electron chi connectivity index (χ2n) is 1.81. The van der Waals surface area contributed by atoms with Crippen molar-refractivity contribution in [2.24, 2.45) is 4.99 Å². The zero-order valence-corrected chi connectivity index (χ0v) is 8.37. The summed E-state index contributed by atoms with van der Waals surface area (Å²) in [6.07, 6.45) is 1.40. The van der Waals surface area contributed by atoms with Crippen LogP contribution < -0.4 is 0 Å². The van der Waals surface area contributed by atoms with E-state index in [1.54, 1.807) is 6.92 Å². The molecular weight excluding hydrogens is 219 g/mol. The van der Waals surface area contributed by atoms with Gasteiger partial charge >= 0.3 is 0 Å². The fraction of sp³-hybridized carbons (Fsp3) is 0.167. The van der Waals surface area contributed by atoms with Crippen LogP contribution in [0.25, 0.3) is 0 Å². The number of carbonyl (C=O) groups is 1. The summed E-state index contributed by atoms with van der Waals surface area (Å²) in [5.74, 6) is -0.410. The second kappa shape index (κ2) is 3.98. The van der Waals surface area contributed by atoms with E-state index in [9.17, 15) is 4.79 Å². The maximum Gasteiger partial charge on any atom is 0.289 e. The molecule has 0 aliphatic heterocycles. The predicted molar refractivity (Wildman–Crippen MR) is 50.6 cm³/mol. The maximum absolute atomic E-state index is 11.1. The van der Waals surface area contributed by atoms with Crippen LogP contribution in [0.5, 0.6) is 0 Å². The topological polar surface area (TPSA) is 42.3 Å². The number of amides is 1. The van der Waals surface area contributed by atoms with Crippen molar-refractivity contribution in [1.82, 2.24) is 4.37 Å². The van der Waals surface area contributed by atoms with Crippen molar-refractivity contribution < 1.29 is 4.79 Å². The third-order valence-electron chi connectivity index (χ3n) is 1.04. The van der Waals surface area contributed by atoms with Gasteiger partial charge < -0.3 is 0 Å². The van der Waals surface area contributed by atoms with Gasteiger partial charge in [0.15, 0.2) is 5.15 Å². The van der Waals surface area contributed by atoms with Crippen molar-refractivity contribution in [1.29, 1.82) is 0 Å². The Balaban J connectivity index is 3.03. The minimum Gasteiger partial charge on any atom is -0.266 e. The van der Waals surface area contributed by atoms with E-state index in [2.05, 4.69) is 9.37 Å². The molecule has 0 aliphatic carbocycles. The molecule has 64 valence electrons. The molecular formula is C6H4Cl2N2OS. The standard InChI is InChI=1S/C6H4Cl2N2OS/c1-2-9-6(11)4-3(7)5(8)10-12-4/h2H,1H3. The van der Waals surface area contributed by atoms with Gasteiger partial charge in [-0.2, -0.15) is 4.37 Å². The fourth-order valence-electron chi connectivity index (χ4n) is 0.568. The largest absolute Gasteiger partial charge is 0.289 e. The minimum absolute atomic E-state index is 0.149. The molecule has 3 nitrogen and oxygen atoms in total. The van der Waals surface area contributed by atoms with Crippen molar-refractivity contribution in [3.05, 3.63) is 15.1 Å². The van der Waals surface area contributed by atoms with Gasteiger partial charge in [0.05, 0.1) is 0 Å². The molecule has 12 heavy (non-hydrogen) atoms. The minimum atomic E-state index is -0.410. The van der Waals surface area contributed by atoms with Gasteiger partial charge in [0.25, 0.3) is 5.91 Å². The number of rotatable bonds is 1. The molecule has 0 radical (unpaired) electrons. The molecule has 1 amide bonds. The third kappa shape index (κ3) is 1.83. The first kappa shape index (κ1) is 9.64. The van der Waals surface area contributed by atoms with Crippen molar-refractivity contribution in [3.63, 3.8) is 0 Å². The molecule has 1 aromatic heterocycles. The Hall–Kier alpha value is -0.450. The molecule has 0 atom stereocenters. The maximum atomic E-state index is 11.1. The lowest BCUT2D eigenvalue weighted by atomic mass is 10.5. The van der Waals surface area contributed by atoms with Crippen molar-refractivity contribution >= 4 is 46.9 Å². The van der Waals surface area contributed by atoms with Crippen molar-refractivity contribution in [3.8, 4) is 0 Å². The Kier molecular flexibility index (Phi) is 3.20. The molecule has 1 heterocycles. The molecule has 0 spiro atoms. The van der Waals surface area contributed by atoms with Crippen LogP contribution in [0.4, 0.5) is 0 Å². The number of aromatic nitrogens is 1. The summed E-state index contributed by atoms with van der Waals surface area (Å²) in [7, 11) is 0. The number of halogens is 2.